The van der Waals surface area contributed by atoms with E-state index < -0.39 is 0 Å². The maximum Gasteiger partial charge on any atom is 0.209 e. The Hall–Kier alpha value is -3.43. The van der Waals surface area contributed by atoms with Gasteiger partial charge >= 0.3 is 0 Å². The molecule has 0 fully saturated rings. The average molecular weight is 443 g/mol. The van der Waals surface area contributed by atoms with E-state index in [0.717, 1.165) is 11.2 Å². The maximum absolute atomic E-state index is 10.6. The topological polar surface area (TPSA) is 123 Å². The van der Waals surface area contributed by atoms with E-state index in [2.05, 4.69) is 30.8 Å². The molecule has 0 bridgehead atoms. The highest BCUT2D eigenvalue weighted by Gasteiger charge is 2.12. The number of halogens is 2. The highest BCUT2D eigenvalue weighted by atomic mass is 35.5. The van der Waals surface area contributed by atoms with Crippen LogP contribution in [0.5, 0.6) is 0 Å². The predicted molar refractivity (Wildman–Crippen MR) is 120 cm³/mol. The third kappa shape index (κ3) is 3.98. The van der Waals surface area contributed by atoms with Gasteiger partial charge in [0.15, 0.2) is 5.82 Å². The Labute approximate surface area is 181 Å². The zero-order valence-electron chi connectivity index (χ0n) is 15.5. The van der Waals surface area contributed by atoms with Gasteiger partial charge in [-0.05, 0) is 23.4 Å². The highest BCUT2D eigenvalue weighted by molar-refractivity contribution is 6.43. The van der Waals surface area contributed by atoms with Crippen LogP contribution < -0.4 is 16.4 Å². The summed E-state index contributed by atoms with van der Waals surface area (Å²) < 4.78 is 1.84. The largest absolute Gasteiger partial charge is 0.382 e. The van der Waals surface area contributed by atoms with Gasteiger partial charge < -0.3 is 16.4 Å². The maximum atomic E-state index is 10.6. The fraction of sp³-hybridized carbons (Fsp3) is 0.105. The number of fused-ring (bicyclic) bond motifs is 1. The molecule has 0 saturated carbocycles. The van der Waals surface area contributed by atoms with Crippen molar-refractivity contribution in [2.75, 3.05) is 29.5 Å². The van der Waals surface area contributed by atoms with Crippen molar-refractivity contribution in [3.05, 3.63) is 63.7 Å². The summed E-state index contributed by atoms with van der Waals surface area (Å²) in [5.41, 5.74) is 7.88. The van der Waals surface area contributed by atoms with Gasteiger partial charge in [0.2, 0.25) is 5.95 Å². The molecule has 30 heavy (non-hydrogen) atoms. The molecule has 152 valence electrons. The normalized spacial score (nSPS) is 10.9. The molecule has 0 aliphatic rings. The lowest BCUT2D eigenvalue weighted by Crippen LogP contribution is -2.17. The zero-order valence-corrected chi connectivity index (χ0v) is 17.0. The minimum atomic E-state index is 0.0795. The molecule has 0 aliphatic heterocycles. The Bertz CT molecular complexity index is 1230. The number of imidazole rings is 1. The molecule has 3 aromatic heterocycles. The smallest absolute Gasteiger partial charge is 0.209 e. The van der Waals surface area contributed by atoms with Gasteiger partial charge in [0.1, 0.15) is 17.2 Å². The van der Waals surface area contributed by atoms with Crippen LogP contribution >= 0.6 is 23.2 Å². The first-order valence-corrected chi connectivity index (χ1v) is 9.68. The van der Waals surface area contributed by atoms with E-state index >= 15 is 0 Å². The summed E-state index contributed by atoms with van der Waals surface area (Å²) in [5, 5.41) is 10.1. The number of nitrogens with one attached hydrogen (secondary N) is 2. The lowest BCUT2D eigenvalue weighted by atomic mass is 10.1. The van der Waals surface area contributed by atoms with Crippen LogP contribution in [-0.4, -0.2) is 32.4 Å². The number of nitroso groups, excluding NO2 is 1. The zero-order chi connectivity index (χ0) is 21.1. The van der Waals surface area contributed by atoms with Crippen molar-refractivity contribution in [1.82, 2.24) is 19.4 Å². The number of pyridine rings is 1. The van der Waals surface area contributed by atoms with E-state index in [1.54, 1.807) is 18.3 Å². The van der Waals surface area contributed by atoms with Gasteiger partial charge in [-0.25, -0.2) is 15.0 Å². The number of aromatic nitrogens is 4. The standard InChI is InChI=1S/C19H16Cl2N8O/c20-12-3-1-2-11(17(12)21)14-10-16-24-8-9-29(16)19(26-14)25-7-6-23-15-5-4-13(28-30)18(22)27-15/h1-5,8-10H,6-7H2,(H,25,26)(H3,22,23,27). The molecule has 4 aromatic rings. The molecule has 4 N–H and O–H groups in total. The molecule has 3 heterocycles. The van der Waals surface area contributed by atoms with E-state index in [1.807, 2.05) is 28.8 Å². The van der Waals surface area contributed by atoms with Gasteiger partial charge in [0, 0.05) is 37.1 Å². The first kappa shape index (κ1) is 19.9. The Balaban J connectivity index is 1.51. The Morgan fingerprint density at radius 1 is 1.10 bits per heavy atom. The first-order valence-electron chi connectivity index (χ1n) is 8.93. The number of nitrogens with two attached hydrogens (primary N) is 1. The van der Waals surface area contributed by atoms with Crippen LogP contribution in [-0.2, 0) is 0 Å². The summed E-state index contributed by atoms with van der Waals surface area (Å²) in [5.74, 6) is 1.23. The van der Waals surface area contributed by atoms with Crippen LogP contribution in [0.2, 0.25) is 10.0 Å². The van der Waals surface area contributed by atoms with Crippen LogP contribution in [0.3, 0.4) is 0 Å². The Morgan fingerprint density at radius 3 is 2.73 bits per heavy atom. The molecule has 1 aromatic carbocycles. The van der Waals surface area contributed by atoms with Gasteiger partial charge in [-0.1, -0.05) is 35.3 Å². The number of hydrogen-bond donors (Lipinski definition) is 3. The van der Waals surface area contributed by atoms with Crippen molar-refractivity contribution < 1.29 is 0 Å². The summed E-state index contributed by atoms with van der Waals surface area (Å²) in [7, 11) is 0. The van der Waals surface area contributed by atoms with Gasteiger partial charge in [-0.3, -0.25) is 4.40 Å². The van der Waals surface area contributed by atoms with Crippen LogP contribution in [0.25, 0.3) is 16.9 Å². The summed E-state index contributed by atoms with van der Waals surface area (Å²) in [6, 6.07) is 10.4. The van der Waals surface area contributed by atoms with Gasteiger partial charge in [-0.15, -0.1) is 4.91 Å². The summed E-state index contributed by atoms with van der Waals surface area (Å²) >= 11 is 12.5. The number of benzene rings is 1. The summed E-state index contributed by atoms with van der Waals surface area (Å²) in [4.78, 5) is 23.7. The predicted octanol–water partition coefficient (Wildman–Crippen LogP) is 4.60. The van der Waals surface area contributed by atoms with E-state index in [1.165, 1.54) is 6.07 Å². The second-order valence-electron chi connectivity index (χ2n) is 6.27. The minimum Gasteiger partial charge on any atom is -0.382 e. The molecule has 0 spiro atoms. The number of nitrogens with zero attached hydrogens (tertiary/aromatic N) is 5. The number of rotatable bonds is 7. The van der Waals surface area contributed by atoms with Crippen molar-refractivity contribution in [1.29, 1.82) is 0 Å². The van der Waals surface area contributed by atoms with Crippen molar-refractivity contribution in [3.8, 4) is 11.3 Å². The van der Waals surface area contributed by atoms with Crippen LogP contribution in [0.4, 0.5) is 23.3 Å². The molecule has 0 saturated heterocycles. The number of anilines is 3. The molecule has 0 radical (unpaired) electrons. The molecular weight excluding hydrogens is 427 g/mol. The molecule has 0 atom stereocenters. The van der Waals surface area contributed by atoms with Gasteiger partial charge in [0.25, 0.3) is 0 Å². The lowest BCUT2D eigenvalue weighted by Gasteiger charge is -2.12. The fourth-order valence-corrected chi connectivity index (χ4v) is 3.29. The molecule has 0 unspecified atom stereocenters. The van der Waals surface area contributed by atoms with E-state index in [0.29, 0.717) is 40.6 Å². The van der Waals surface area contributed by atoms with Crippen molar-refractivity contribution in [3.63, 3.8) is 0 Å². The SMILES string of the molecule is Nc1nc(NCCNc2nc(-c3cccc(Cl)c3Cl)cc3nccn23)ccc1N=O. The molecule has 9 nitrogen and oxygen atoms in total. The minimum absolute atomic E-state index is 0.0795. The second kappa shape index (κ2) is 8.52. The van der Waals surface area contributed by atoms with Gasteiger partial charge in [-0.2, -0.15) is 0 Å². The quantitative estimate of drug-likeness (QED) is 0.282. The van der Waals surface area contributed by atoms with E-state index in [4.69, 9.17) is 28.9 Å². The number of nitrogen functional groups attached to an aromatic ring is 1. The number of hydrogen-bond acceptors (Lipinski definition) is 8. The van der Waals surface area contributed by atoms with Crippen LogP contribution in [0.1, 0.15) is 0 Å². The Morgan fingerprint density at radius 2 is 1.93 bits per heavy atom. The third-order valence-electron chi connectivity index (χ3n) is 4.33. The molecule has 4 rings (SSSR count). The average Bonchev–Trinajstić information content (AvgIpc) is 3.22. The Kier molecular flexibility index (Phi) is 5.64. The summed E-state index contributed by atoms with van der Waals surface area (Å²) in [6.07, 6.45) is 3.51. The van der Waals surface area contributed by atoms with E-state index in [9.17, 15) is 4.91 Å². The van der Waals surface area contributed by atoms with Gasteiger partial charge in [0.05, 0.1) is 15.7 Å². The van der Waals surface area contributed by atoms with Crippen LogP contribution in [0.15, 0.2) is 54.0 Å². The highest BCUT2D eigenvalue weighted by Crippen LogP contribution is 2.33. The lowest BCUT2D eigenvalue weighted by molar-refractivity contribution is 0.995. The van der Waals surface area contributed by atoms with Crippen molar-refractivity contribution in [2.24, 2.45) is 5.18 Å². The van der Waals surface area contributed by atoms with Crippen molar-refractivity contribution >= 4 is 52.1 Å². The monoisotopic (exact) mass is 442 g/mol. The fourth-order valence-electron chi connectivity index (χ4n) is 2.90. The van der Waals surface area contributed by atoms with Crippen LogP contribution in [0, 0.1) is 4.91 Å². The molecule has 11 heteroatoms. The third-order valence-corrected chi connectivity index (χ3v) is 5.15. The molecule has 0 aliphatic carbocycles. The summed E-state index contributed by atoms with van der Waals surface area (Å²) in [6.45, 7) is 1.06. The molecule has 0 amide bonds. The second-order valence-corrected chi connectivity index (χ2v) is 7.05. The van der Waals surface area contributed by atoms with Crippen molar-refractivity contribution in [2.45, 2.75) is 0 Å². The first-order chi connectivity index (χ1) is 14.6. The van der Waals surface area contributed by atoms with E-state index in [-0.39, 0.29) is 11.5 Å². The molecular formula is C19H16Cl2N8O.